The average molecular weight is 204 g/mol. The van der Waals surface area contributed by atoms with Crippen molar-refractivity contribution in [3.8, 4) is 0 Å². The monoisotopic (exact) mass is 204 g/mol. The summed E-state index contributed by atoms with van der Waals surface area (Å²) in [6.45, 7) is 0.841. The van der Waals surface area contributed by atoms with E-state index in [1.807, 2.05) is 0 Å². The summed E-state index contributed by atoms with van der Waals surface area (Å²) in [6, 6.07) is 3.32. The molecule has 5 nitrogen and oxygen atoms in total. The molecule has 1 amide bonds. The zero-order valence-electron chi connectivity index (χ0n) is 8.23. The molecule has 0 fully saturated rings. The van der Waals surface area contributed by atoms with E-state index in [2.05, 4.69) is 20.8 Å². The van der Waals surface area contributed by atoms with Crippen LogP contribution in [0.15, 0.2) is 29.5 Å². The Hall–Kier alpha value is -1.91. The van der Waals surface area contributed by atoms with Gasteiger partial charge in [-0.1, -0.05) is 0 Å². The summed E-state index contributed by atoms with van der Waals surface area (Å²) in [5, 5.41) is 0. The molecule has 15 heavy (non-hydrogen) atoms. The molecule has 0 spiro atoms. The zero-order valence-corrected chi connectivity index (χ0v) is 8.23. The fourth-order valence-electron chi connectivity index (χ4n) is 1.35. The van der Waals surface area contributed by atoms with Crippen LogP contribution in [-0.4, -0.2) is 23.3 Å². The Kier molecular flexibility index (Phi) is 2.92. The fourth-order valence-corrected chi connectivity index (χ4v) is 1.35. The van der Waals surface area contributed by atoms with Gasteiger partial charge in [0.05, 0.1) is 0 Å². The number of carbonyl (C=O) groups is 1. The van der Waals surface area contributed by atoms with Gasteiger partial charge in [0.15, 0.2) is 0 Å². The van der Waals surface area contributed by atoms with E-state index >= 15 is 0 Å². The Labute approximate surface area is 87.6 Å². The maximum atomic E-state index is 11.5. The number of hydrogen-bond acceptors (Lipinski definition) is 4. The fraction of sp³-hybridized carbons (Fsp3) is 0.300. The molecule has 0 radical (unpaired) electrons. The van der Waals surface area contributed by atoms with Gasteiger partial charge in [-0.25, -0.2) is 0 Å². The first kappa shape index (κ1) is 9.64. The average Bonchev–Trinajstić information content (AvgIpc) is 2.80. The molecule has 0 saturated heterocycles. The zero-order chi connectivity index (χ0) is 10.5. The van der Waals surface area contributed by atoms with Crippen LogP contribution in [0, 0.1) is 0 Å². The summed E-state index contributed by atoms with van der Waals surface area (Å²) in [6.07, 6.45) is 5.12. The molecular weight excluding hydrogens is 192 g/mol. The normalized spacial score (nSPS) is 14.5. The van der Waals surface area contributed by atoms with Gasteiger partial charge in [-0.05, 0) is 18.6 Å². The van der Waals surface area contributed by atoms with Crippen molar-refractivity contribution in [3.63, 3.8) is 0 Å². The Bertz CT molecular complexity index is 374. The molecule has 2 N–H and O–H groups in total. The highest BCUT2D eigenvalue weighted by Crippen LogP contribution is 2.00. The molecule has 0 bridgehead atoms. The van der Waals surface area contributed by atoms with Crippen LogP contribution in [0.5, 0.6) is 0 Å². The highest BCUT2D eigenvalue weighted by molar-refractivity contribution is 5.95. The van der Waals surface area contributed by atoms with Gasteiger partial charge in [0.25, 0.3) is 5.91 Å². The minimum Gasteiger partial charge on any atom is -0.285 e. The molecule has 0 saturated carbocycles. The van der Waals surface area contributed by atoms with Crippen molar-refractivity contribution in [1.29, 1.82) is 0 Å². The Morgan fingerprint density at radius 2 is 2.13 bits per heavy atom. The summed E-state index contributed by atoms with van der Waals surface area (Å²) in [4.78, 5) is 19.6. The highest BCUT2D eigenvalue weighted by Gasteiger charge is 2.08. The lowest BCUT2D eigenvalue weighted by atomic mass is 10.2. The van der Waals surface area contributed by atoms with Crippen LogP contribution in [0.4, 0.5) is 0 Å². The first-order valence-corrected chi connectivity index (χ1v) is 4.86. The summed E-state index contributed by atoms with van der Waals surface area (Å²) < 4.78 is 0. The number of nitrogens with zero attached hydrogens (tertiary/aromatic N) is 2. The van der Waals surface area contributed by atoms with Gasteiger partial charge in [0, 0.05) is 30.9 Å². The molecule has 5 heteroatoms. The number of amidine groups is 1. The second-order valence-electron chi connectivity index (χ2n) is 3.25. The minimum absolute atomic E-state index is 0.174. The molecule has 0 aromatic carbocycles. The van der Waals surface area contributed by atoms with Crippen molar-refractivity contribution < 1.29 is 4.79 Å². The van der Waals surface area contributed by atoms with Gasteiger partial charge in [0.1, 0.15) is 5.84 Å². The Morgan fingerprint density at radius 3 is 2.80 bits per heavy atom. The number of aliphatic imine (C=N–C) groups is 1. The van der Waals surface area contributed by atoms with E-state index < -0.39 is 0 Å². The molecule has 1 aliphatic rings. The Morgan fingerprint density at radius 1 is 1.33 bits per heavy atom. The third-order valence-electron chi connectivity index (χ3n) is 2.14. The smallest absolute Gasteiger partial charge is 0.269 e. The second kappa shape index (κ2) is 4.54. The first-order chi connectivity index (χ1) is 7.36. The summed E-state index contributed by atoms with van der Waals surface area (Å²) in [5.74, 6) is 0.671. The van der Waals surface area contributed by atoms with Crippen LogP contribution in [0.3, 0.4) is 0 Å². The van der Waals surface area contributed by atoms with Crippen molar-refractivity contribution in [2.75, 3.05) is 6.54 Å². The number of carbonyl (C=O) groups excluding carboxylic acids is 1. The molecule has 0 aliphatic carbocycles. The van der Waals surface area contributed by atoms with Gasteiger partial charge in [-0.3, -0.25) is 25.6 Å². The van der Waals surface area contributed by atoms with Crippen molar-refractivity contribution in [1.82, 2.24) is 15.8 Å². The van der Waals surface area contributed by atoms with E-state index in [1.54, 1.807) is 24.5 Å². The molecule has 1 aliphatic heterocycles. The van der Waals surface area contributed by atoms with Crippen molar-refractivity contribution in [3.05, 3.63) is 30.1 Å². The number of pyridine rings is 1. The van der Waals surface area contributed by atoms with Crippen molar-refractivity contribution in [2.24, 2.45) is 4.99 Å². The van der Waals surface area contributed by atoms with Crippen LogP contribution in [0.1, 0.15) is 23.2 Å². The first-order valence-electron chi connectivity index (χ1n) is 4.86. The molecule has 2 rings (SSSR count). The van der Waals surface area contributed by atoms with Crippen LogP contribution in [-0.2, 0) is 0 Å². The van der Waals surface area contributed by atoms with E-state index in [4.69, 9.17) is 0 Å². The number of hydrazine groups is 1. The minimum atomic E-state index is -0.174. The van der Waals surface area contributed by atoms with Gasteiger partial charge in [-0.15, -0.1) is 0 Å². The predicted octanol–water partition coefficient (Wildman–Crippen LogP) is 0.508. The molecule has 78 valence electrons. The van der Waals surface area contributed by atoms with Crippen molar-refractivity contribution in [2.45, 2.75) is 12.8 Å². The number of rotatable bonds is 1. The number of amides is 1. The Balaban J connectivity index is 1.87. The molecule has 2 heterocycles. The van der Waals surface area contributed by atoms with Crippen LogP contribution < -0.4 is 10.9 Å². The number of aromatic nitrogens is 1. The molecule has 0 atom stereocenters. The molecular formula is C10H12N4O. The summed E-state index contributed by atoms with van der Waals surface area (Å²) in [5.41, 5.74) is 5.98. The predicted molar refractivity (Wildman–Crippen MR) is 56.4 cm³/mol. The van der Waals surface area contributed by atoms with E-state index in [1.165, 1.54) is 0 Å². The molecule has 1 aromatic heterocycles. The third kappa shape index (κ3) is 2.52. The molecule has 1 aromatic rings. The van der Waals surface area contributed by atoms with Gasteiger partial charge < -0.3 is 0 Å². The summed E-state index contributed by atoms with van der Waals surface area (Å²) in [7, 11) is 0. The lowest BCUT2D eigenvalue weighted by Gasteiger charge is -2.07. The maximum absolute atomic E-state index is 11.5. The van der Waals surface area contributed by atoms with Crippen LogP contribution in [0.25, 0.3) is 0 Å². The van der Waals surface area contributed by atoms with E-state index in [0.717, 1.165) is 25.2 Å². The maximum Gasteiger partial charge on any atom is 0.269 e. The summed E-state index contributed by atoms with van der Waals surface area (Å²) >= 11 is 0. The van der Waals surface area contributed by atoms with E-state index in [9.17, 15) is 4.79 Å². The third-order valence-corrected chi connectivity index (χ3v) is 2.14. The molecule has 0 unspecified atom stereocenters. The van der Waals surface area contributed by atoms with Crippen molar-refractivity contribution >= 4 is 11.7 Å². The largest absolute Gasteiger partial charge is 0.285 e. The van der Waals surface area contributed by atoms with Crippen LogP contribution >= 0.6 is 0 Å². The highest BCUT2D eigenvalue weighted by atomic mass is 16.2. The number of nitrogens with one attached hydrogen (secondary N) is 2. The number of hydrogen-bond donors (Lipinski definition) is 2. The lowest BCUT2D eigenvalue weighted by molar-refractivity contribution is 0.0943. The quantitative estimate of drug-likeness (QED) is 0.655. The van der Waals surface area contributed by atoms with Gasteiger partial charge >= 0.3 is 0 Å². The van der Waals surface area contributed by atoms with E-state index in [0.29, 0.717) is 5.56 Å². The van der Waals surface area contributed by atoms with Gasteiger partial charge in [0.2, 0.25) is 0 Å². The standard InChI is InChI=1S/C10H12N4O/c15-10(8-3-6-11-7-4-8)14-13-9-2-1-5-12-9/h3-4,6-7H,1-2,5H2,(H,12,13)(H,14,15). The lowest BCUT2D eigenvalue weighted by Crippen LogP contribution is -2.40. The topological polar surface area (TPSA) is 66.4 Å². The van der Waals surface area contributed by atoms with Gasteiger partial charge in [-0.2, -0.15) is 0 Å². The van der Waals surface area contributed by atoms with Crippen LogP contribution in [0.2, 0.25) is 0 Å². The second-order valence-corrected chi connectivity index (χ2v) is 3.25. The van der Waals surface area contributed by atoms with E-state index in [-0.39, 0.29) is 5.91 Å². The SMILES string of the molecule is O=C(NNC1=NCCC1)c1ccncc1.